The summed E-state index contributed by atoms with van der Waals surface area (Å²) in [5.41, 5.74) is -5.66. The highest BCUT2D eigenvalue weighted by Gasteiger charge is 2.49. The first kappa shape index (κ1) is 12.5. The molecule has 6 nitrogen and oxygen atoms in total. The summed E-state index contributed by atoms with van der Waals surface area (Å²) in [7, 11) is -4.63. The maximum Gasteiger partial charge on any atom is 0.534 e. The van der Waals surface area contributed by atoms with Crippen LogP contribution < -0.4 is 4.18 Å². The van der Waals surface area contributed by atoms with Crippen LogP contribution in [0, 0.1) is 0 Å². The van der Waals surface area contributed by atoms with Gasteiger partial charge in [0, 0.05) is 7.05 Å². The SMILES string of the molecule is Cn1c(C=O)cnc1OS(=O)(=O)C(F)(F)F. The third kappa shape index (κ3) is 2.15. The normalized spacial score (nSPS) is 12.5. The van der Waals surface area contributed by atoms with Crippen molar-refractivity contribution in [1.29, 1.82) is 0 Å². The second kappa shape index (κ2) is 3.77. The Morgan fingerprint density at radius 1 is 1.50 bits per heavy atom. The number of nitrogens with zero attached hydrogens (tertiary/aromatic N) is 2. The minimum absolute atomic E-state index is 0.118. The Bertz CT molecular complexity index is 504. The van der Waals surface area contributed by atoms with Crippen LogP contribution in [0.2, 0.25) is 0 Å². The second-order valence-corrected chi connectivity index (χ2v) is 4.16. The van der Waals surface area contributed by atoms with Gasteiger partial charge in [0.2, 0.25) is 0 Å². The summed E-state index contributed by atoms with van der Waals surface area (Å²) >= 11 is 0. The summed E-state index contributed by atoms with van der Waals surface area (Å²) in [5, 5.41) is 0. The van der Waals surface area contributed by atoms with Gasteiger partial charge in [-0.25, -0.2) is 4.98 Å². The lowest BCUT2D eigenvalue weighted by Gasteiger charge is -2.08. The molecule has 1 aromatic heterocycles. The third-order valence-corrected chi connectivity index (χ3v) is 2.51. The van der Waals surface area contributed by atoms with Crippen LogP contribution in [-0.2, 0) is 17.2 Å². The first-order valence-corrected chi connectivity index (χ1v) is 5.07. The van der Waals surface area contributed by atoms with Crippen LogP contribution in [0.3, 0.4) is 0 Å². The average molecular weight is 258 g/mol. The van der Waals surface area contributed by atoms with E-state index >= 15 is 0 Å². The Morgan fingerprint density at radius 3 is 2.44 bits per heavy atom. The molecule has 1 aromatic rings. The Kier molecular flexibility index (Phi) is 2.95. The van der Waals surface area contributed by atoms with E-state index in [9.17, 15) is 26.4 Å². The fraction of sp³-hybridized carbons (Fsp3) is 0.333. The number of rotatable bonds is 3. The van der Waals surface area contributed by atoms with Crippen molar-refractivity contribution in [3.8, 4) is 6.01 Å². The monoisotopic (exact) mass is 258 g/mol. The summed E-state index contributed by atoms with van der Waals surface area (Å²) in [4.78, 5) is 13.5. The fourth-order valence-electron chi connectivity index (χ4n) is 0.737. The zero-order chi connectivity index (χ0) is 12.6. The number of carbonyl (C=O) groups excluding carboxylic acids is 1. The van der Waals surface area contributed by atoms with E-state index in [4.69, 9.17) is 0 Å². The van der Waals surface area contributed by atoms with E-state index < -0.39 is 21.6 Å². The Labute approximate surface area is 87.8 Å². The van der Waals surface area contributed by atoms with Gasteiger partial charge in [0.05, 0.1) is 6.20 Å². The van der Waals surface area contributed by atoms with Crippen LogP contribution in [0.1, 0.15) is 10.5 Å². The van der Waals surface area contributed by atoms with Gasteiger partial charge in [0.25, 0.3) is 0 Å². The lowest BCUT2D eigenvalue weighted by molar-refractivity contribution is -0.0503. The maximum absolute atomic E-state index is 11.9. The number of alkyl halides is 3. The van der Waals surface area contributed by atoms with Gasteiger partial charge in [0.1, 0.15) is 5.69 Å². The molecule has 0 atom stereocenters. The van der Waals surface area contributed by atoms with Crippen molar-refractivity contribution in [3.05, 3.63) is 11.9 Å². The molecule has 0 aliphatic heterocycles. The third-order valence-electron chi connectivity index (χ3n) is 1.57. The molecule has 0 saturated carbocycles. The van der Waals surface area contributed by atoms with Gasteiger partial charge in [0.15, 0.2) is 6.29 Å². The van der Waals surface area contributed by atoms with Crippen LogP contribution in [0.25, 0.3) is 0 Å². The van der Waals surface area contributed by atoms with Gasteiger partial charge in [-0.3, -0.25) is 9.36 Å². The van der Waals surface area contributed by atoms with Crippen molar-refractivity contribution < 1.29 is 30.6 Å². The molecular weight excluding hydrogens is 253 g/mol. The Morgan fingerprint density at radius 2 is 2.06 bits per heavy atom. The lowest BCUT2D eigenvalue weighted by Crippen LogP contribution is -2.29. The molecule has 0 N–H and O–H groups in total. The highest BCUT2D eigenvalue weighted by atomic mass is 32.2. The number of aromatic nitrogens is 2. The van der Waals surface area contributed by atoms with Crippen molar-refractivity contribution in [2.45, 2.75) is 5.51 Å². The van der Waals surface area contributed by atoms with Crippen molar-refractivity contribution in [2.75, 3.05) is 0 Å². The van der Waals surface area contributed by atoms with E-state index in [1.54, 1.807) is 0 Å². The molecule has 90 valence electrons. The van der Waals surface area contributed by atoms with Gasteiger partial charge in [-0.2, -0.15) is 21.6 Å². The fourth-order valence-corrected chi connectivity index (χ4v) is 1.18. The molecule has 0 aliphatic rings. The summed E-state index contributed by atoms with van der Waals surface area (Å²) in [6.45, 7) is 0. The van der Waals surface area contributed by atoms with Crippen molar-refractivity contribution >= 4 is 16.4 Å². The number of carbonyl (C=O) groups is 1. The molecule has 10 heteroatoms. The molecule has 16 heavy (non-hydrogen) atoms. The minimum atomic E-state index is -5.77. The predicted molar refractivity (Wildman–Crippen MR) is 44.2 cm³/mol. The van der Waals surface area contributed by atoms with Gasteiger partial charge in [-0.15, -0.1) is 0 Å². The van der Waals surface area contributed by atoms with Crippen molar-refractivity contribution in [1.82, 2.24) is 9.55 Å². The summed E-state index contributed by atoms with van der Waals surface area (Å²) in [6, 6.07) is -0.834. The molecule has 0 unspecified atom stereocenters. The highest BCUT2D eigenvalue weighted by Crippen LogP contribution is 2.26. The number of hydrogen-bond donors (Lipinski definition) is 0. The highest BCUT2D eigenvalue weighted by molar-refractivity contribution is 7.87. The molecule has 0 fully saturated rings. The summed E-state index contributed by atoms with van der Waals surface area (Å²) in [5.74, 6) is 0. The Hall–Kier alpha value is -1.58. The molecule has 1 heterocycles. The van der Waals surface area contributed by atoms with E-state index in [1.165, 1.54) is 0 Å². The van der Waals surface area contributed by atoms with Crippen LogP contribution in [0.5, 0.6) is 6.01 Å². The quantitative estimate of drug-likeness (QED) is 0.447. The van der Waals surface area contributed by atoms with Crippen LogP contribution >= 0.6 is 0 Å². The van der Waals surface area contributed by atoms with E-state index in [0.29, 0.717) is 6.29 Å². The molecule has 0 radical (unpaired) electrons. The smallest absolute Gasteiger partial charge is 0.338 e. The molecule has 0 bridgehead atoms. The number of halogens is 3. The summed E-state index contributed by atoms with van der Waals surface area (Å²) in [6.07, 6.45) is 1.17. The zero-order valence-corrected chi connectivity index (χ0v) is 8.54. The number of hydrogen-bond acceptors (Lipinski definition) is 5. The number of aldehydes is 1. The minimum Gasteiger partial charge on any atom is -0.338 e. The van der Waals surface area contributed by atoms with Gasteiger partial charge < -0.3 is 4.18 Å². The van der Waals surface area contributed by atoms with Crippen molar-refractivity contribution in [3.63, 3.8) is 0 Å². The molecular formula is C6H5F3N2O4S. The van der Waals surface area contributed by atoms with Gasteiger partial charge in [-0.1, -0.05) is 0 Å². The van der Waals surface area contributed by atoms with E-state index in [-0.39, 0.29) is 5.69 Å². The Balaban J connectivity index is 3.07. The standard InChI is InChI=1S/C6H5F3N2O4S/c1-11-4(3-12)2-10-5(11)15-16(13,14)6(7,8)9/h2-3H,1H3. The second-order valence-electron chi connectivity index (χ2n) is 2.63. The van der Waals surface area contributed by atoms with E-state index in [2.05, 4.69) is 9.17 Å². The first-order valence-electron chi connectivity index (χ1n) is 3.66. The number of imidazole rings is 1. The molecule has 0 spiro atoms. The molecule has 0 aromatic carbocycles. The topological polar surface area (TPSA) is 78.3 Å². The molecule has 0 aliphatic carbocycles. The molecule has 1 rings (SSSR count). The first-order chi connectivity index (χ1) is 7.19. The maximum atomic E-state index is 11.9. The van der Waals surface area contributed by atoms with Crippen LogP contribution in [0.15, 0.2) is 6.20 Å². The predicted octanol–water partition coefficient (Wildman–Crippen LogP) is 0.461. The largest absolute Gasteiger partial charge is 0.534 e. The molecule has 0 amide bonds. The molecule has 0 saturated heterocycles. The van der Waals surface area contributed by atoms with Gasteiger partial charge in [-0.05, 0) is 0 Å². The average Bonchev–Trinajstić information content (AvgIpc) is 2.45. The lowest BCUT2D eigenvalue weighted by atomic mass is 10.5. The summed E-state index contributed by atoms with van der Waals surface area (Å²) < 4.78 is 61.4. The van der Waals surface area contributed by atoms with Crippen LogP contribution in [-0.4, -0.2) is 29.8 Å². The van der Waals surface area contributed by atoms with Gasteiger partial charge >= 0.3 is 21.6 Å². The zero-order valence-electron chi connectivity index (χ0n) is 7.72. The van der Waals surface area contributed by atoms with E-state index in [0.717, 1.165) is 17.8 Å². The van der Waals surface area contributed by atoms with E-state index in [1.807, 2.05) is 0 Å². The van der Waals surface area contributed by atoms with Crippen LogP contribution in [0.4, 0.5) is 13.2 Å². The van der Waals surface area contributed by atoms with Crippen molar-refractivity contribution in [2.24, 2.45) is 7.05 Å².